The van der Waals surface area contributed by atoms with Crippen molar-refractivity contribution in [3.05, 3.63) is 27.6 Å². The Balaban J connectivity index is 2.40. The van der Waals surface area contributed by atoms with E-state index in [-0.39, 0.29) is 17.2 Å². The molecule has 1 aromatic carbocycles. The fourth-order valence-corrected chi connectivity index (χ4v) is 1.44. The van der Waals surface area contributed by atoms with Crippen LogP contribution in [0.5, 0.6) is 5.75 Å². The van der Waals surface area contributed by atoms with Crippen molar-refractivity contribution in [2.75, 3.05) is 0 Å². The van der Waals surface area contributed by atoms with Crippen molar-refractivity contribution in [1.29, 1.82) is 0 Å². The lowest BCUT2D eigenvalue weighted by molar-refractivity contribution is -0.146. The standard InChI is InChI=1S/C9H4F3IN2O2/c10-9(11,12)8-14-7(17-15-8)4-1-2-5(13)6(16)3-4/h1-3,16H. The zero-order valence-corrected chi connectivity index (χ0v) is 10.2. The normalized spacial score (nSPS) is 11.8. The quantitative estimate of drug-likeness (QED) is 0.798. The second kappa shape index (κ2) is 4.17. The van der Waals surface area contributed by atoms with E-state index in [2.05, 4.69) is 14.7 Å². The van der Waals surface area contributed by atoms with Gasteiger partial charge >= 0.3 is 6.18 Å². The third-order valence-electron chi connectivity index (χ3n) is 1.87. The van der Waals surface area contributed by atoms with Crippen LogP contribution in [0.25, 0.3) is 11.5 Å². The van der Waals surface area contributed by atoms with Crippen LogP contribution in [0.3, 0.4) is 0 Å². The molecule has 0 saturated heterocycles. The third kappa shape index (κ3) is 2.51. The largest absolute Gasteiger partial charge is 0.507 e. The number of phenols is 1. The Labute approximate surface area is 107 Å². The predicted molar refractivity (Wildman–Crippen MR) is 59.1 cm³/mol. The number of rotatable bonds is 1. The predicted octanol–water partition coefficient (Wildman–Crippen LogP) is 3.07. The van der Waals surface area contributed by atoms with Crippen molar-refractivity contribution in [1.82, 2.24) is 10.1 Å². The average Bonchev–Trinajstić information content (AvgIpc) is 2.70. The molecule has 0 aliphatic carbocycles. The number of alkyl halides is 3. The number of phenolic OH excluding ortho intramolecular Hbond substituents is 1. The van der Waals surface area contributed by atoms with Crippen LogP contribution in [0.1, 0.15) is 5.82 Å². The second-order valence-electron chi connectivity index (χ2n) is 3.09. The first-order valence-electron chi connectivity index (χ1n) is 4.28. The summed E-state index contributed by atoms with van der Waals surface area (Å²) in [4.78, 5) is 3.21. The van der Waals surface area contributed by atoms with Crippen LogP contribution >= 0.6 is 22.6 Å². The van der Waals surface area contributed by atoms with Crippen LogP contribution in [0.15, 0.2) is 22.7 Å². The van der Waals surface area contributed by atoms with E-state index >= 15 is 0 Å². The molecule has 0 fully saturated rings. The molecule has 0 atom stereocenters. The van der Waals surface area contributed by atoms with Gasteiger partial charge in [-0.1, -0.05) is 5.16 Å². The molecule has 0 saturated carbocycles. The molecule has 2 aromatic rings. The van der Waals surface area contributed by atoms with E-state index in [0.717, 1.165) is 0 Å². The molecule has 4 nitrogen and oxygen atoms in total. The molecule has 0 unspecified atom stereocenters. The molecule has 0 amide bonds. The smallest absolute Gasteiger partial charge is 0.455 e. The van der Waals surface area contributed by atoms with Crippen LogP contribution in [0.2, 0.25) is 0 Å². The van der Waals surface area contributed by atoms with E-state index in [4.69, 9.17) is 0 Å². The third-order valence-corrected chi connectivity index (χ3v) is 2.78. The lowest BCUT2D eigenvalue weighted by atomic mass is 10.2. The fourth-order valence-electron chi connectivity index (χ4n) is 1.10. The van der Waals surface area contributed by atoms with E-state index in [1.54, 1.807) is 0 Å². The fraction of sp³-hybridized carbons (Fsp3) is 0.111. The SMILES string of the molecule is Oc1cc(-c2nc(C(F)(F)F)no2)ccc1I. The highest BCUT2D eigenvalue weighted by Gasteiger charge is 2.37. The number of hydrogen-bond donors (Lipinski definition) is 1. The Kier molecular flexibility index (Phi) is 2.98. The van der Waals surface area contributed by atoms with Crippen LogP contribution in [-0.2, 0) is 6.18 Å². The van der Waals surface area contributed by atoms with E-state index in [1.165, 1.54) is 18.2 Å². The molecule has 90 valence electrons. The van der Waals surface area contributed by atoms with Gasteiger partial charge in [0.1, 0.15) is 5.75 Å². The molecule has 8 heteroatoms. The first-order valence-corrected chi connectivity index (χ1v) is 5.35. The number of nitrogens with zero attached hydrogens (tertiary/aromatic N) is 2. The summed E-state index contributed by atoms with van der Waals surface area (Å²) in [5, 5.41) is 12.2. The minimum atomic E-state index is -4.65. The highest BCUT2D eigenvalue weighted by molar-refractivity contribution is 14.1. The van der Waals surface area contributed by atoms with Crippen LogP contribution in [-0.4, -0.2) is 15.2 Å². The van der Waals surface area contributed by atoms with Crippen molar-refractivity contribution >= 4 is 22.6 Å². The summed E-state index contributed by atoms with van der Waals surface area (Å²) in [6, 6.07) is 4.27. The topological polar surface area (TPSA) is 59.2 Å². The first kappa shape index (κ1) is 12.1. The lowest BCUT2D eigenvalue weighted by Crippen LogP contribution is -2.07. The molecular formula is C9H4F3IN2O2. The molecule has 0 aliphatic heterocycles. The lowest BCUT2D eigenvalue weighted by Gasteiger charge is -1.98. The van der Waals surface area contributed by atoms with Crippen LogP contribution in [0, 0.1) is 3.57 Å². The Morgan fingerprint density at radius 2 is 2.00 bits per heavy atom. The molecule has 0 spiro atoms. The van der Waals surface area contributed by atoms with E-state index in [9.17, 15) is 18.3 Å². The number of benzene rings is 1. The van der Waals surface area contributed by atoms with E-state index < -0.39 is 12.0 Å². The maximum Gasteiger partial charge on any atom is 0.455 e. The van der Waals surface area contributed by atoms with E-state index in [1.807, 2.05) is 22.6 Å². The molecule has 1 N–H and O–H groups in total. The van der Waals surface area contributed by atoms with Crippen molar-refractivity contribution in [3.8, 4) is 17.2 Å². The molecule has 2 rings (SSSR count). The van der Waals surface area contributed by atoms with Crippen molar-refractivity contribution in [2.45, 2.75) is 6.18 Å². The van der Waals surface area contributed by atoms with Gasteiger partial charge in [0.2, 0.25) is 0 Å². The minimum Gasteiger partial charge on any atom is -0.507 e. The summed E-state index contributed by atoms with van der Waals surface area (Å²) in [6.07, 6.45) is -4.65. The Morgan fingerprint density at radius 3 is 2.53 bits per heavy atom. The summed E-state index contributed by atoms with van der Waals surface area (Å²) in [5.41, 5.74) is 0.228. The monoisotopic (exact) mass is 356 g/mol. The molecule has 17 heavy (non-hydrogen) atoms. The van der Waals surface area contributed by atoms with Gasteiger partial charge in [-0.25, -0.2) is 0 Å². The Bertz CT molecular complexity index is 553. The van der Waals surface area contributed by atoms with Crippen molar-refractivity contribution < 1.29 is 22.8 Å². The summed E-state index contributed by atoms with van der Waals surface area (Å²) in [7, 11) is 0. The highest BCUT2D eigenvalue weighted by Crippen LogP contribution is 2.30. The Morgan fingerprint density at radius 1 is 1.29 bits per heavy atom. The maximum absolute atomic E-state index is 12.2. The van der Waals surface area contributed by atoms with Crippen LogP contribution in [0.4, 0.5) is 13.2 Å². The summed E-state index contributed by atoms with van der Waals surface area (Å²) < 4.78 is 41.7. The summed E-state index contributed by atoms with van der Waals surface area (Å²) in [6.45, 7) is 0. The van der Waals surface area contributed by atoms with Gasteiger partial charge in [0, 0.05) is 5.56 Å². The number of aromatic nitrogens is 2. The first-order chi connectivity index (χ1) is 7.88. The zero-order valence-electron chi connectivity index (χ0n) is 7.99. The molecule has 1 aromatic heterocycles. The summed E-state index contributed by atoms with van der Waals surface area (Å²) in [5.74, 6) is -1.69. The van der Waals surface area contributed by atoms with Gasteiger partial charge in [0.05, 0.1) is 3.57 Å². The molecular weight excluding hydrogens is 352 g/mol. The van der Waals surface area contributed by atoms with Gasteiger partial charge in [-0.2, -0.15) is 18.2 Å². The van der Waals surface area contributed by atoms with Gasteiger partial charge in [-0.3, -0.25) is 0 Å². The number of halogens is 4. The van der Waals surface area contributed by atoms with Crippen molar-refractivity contribution in [3.63, 3.8) is 0 Å². The van der Waals surface area contributed by atoms with Gasteiger partial charge in [-0.15, -0.1) is 0 Å². The molecule has 0 aliphatic rings. The van der Waals surface area contributed by atoms with E-state index in [0.29, 0.717) is 3.57 Å². The maximum atomic E-state index is 12.2. The summed E-state index contributed by atoms with van der Waals surface area (Å²) >= 11 is 1.88. The Hall–Kier alpha value is -1.32. The molecule has 0 bridgehead atoms. The van der Waals surface area contributed by atoms with Gasteiger partial charge < -0.3 is 9.63 Å². The van der Waals surface area contributed by atoms with Gasteiger partial charge in [0.15, 0.2) is 0 Å². The highest BCUT2D eigenvalue weighted by atomic mass is 127. The minimum absolute atomic E-state index is 0.0603. The van der Waals surface area contributed by atoms with Gasteiger partial charge in [0.25, 0.3) is 11.7 Å². The second-order valence-corrected chi connectivity index (χ2v) is 4.25. The van der Waals surface area contributed by atoms with Crippen LogP contribution < -0.4 is 0 Å². The zero-order chi connectivity index (χ0) is 12.6. The number of aromatic hydroxyl groups is 1. The molecule has 1 heterocycles. The molecule has 0 radical (unpaired) electrons. The average molecular weight is 356 g/mol. The number of hydrogen-bond acceptors (Lipinski definition) is 4. The van der Waals surface area contributed by atoms with Crippen molar-refractivity contribution in [2.24, 2.45) is 0 Å². The van der Waals surface area contributed by atoms with Gasteiger partial charge in [-0.05, 0) is 40.8 Å².